The summed E-state index contributed by atoms with van der Waals surface area (Å²) in [6, 6.07) is 15.6. The zero-order chi connectivity index (χ0) is 22.4. The summed E-state index contributed by atoms with van der Waals surface area (Å²) in [5.41, 5.74) is 10.8. The Morgan fingerprint density at radius 1 is 0.839 bits per heavy atom. The van der Waals surface area contributed by atoms with Crippen LogP contribution in [-0.4, -0.2) is 11.1 Å². The minimum absolute atomic E-state index is 0.218. The third kappa shape index (κ3) is 4.13. The van der Waals surface area contributed by atoms with Crippen LogP contribution in [0.2, 0.25) is 0 Å². The maximum Gasteiger partial charge on any atom is 0.328 e. The van der Waals surface area contributed by atoms with Gasteiger partial charge in [-0.2, -0.15) is 0 Å². The van der Waals surface area contributed by atoms with Crippen LogP contribution in [0.3, 0.4) is 0 Å². The minimum Gasteiger partial charge on any atom is -0.478 e. The maximum absolute atomic E-state index is 11.0. The molecule has 2 aliphatic rings. The summed E-state index contributed by atoms with van der Waals surface area (Å²) in [7, 11) is 0. The van der Waals surface area contributed by atoms with Gasteiger partial charge in [0.2, 0.25) is 0 Å². The first-order valence-corrected chi connectivity index (χ1v) is 11.5. The van der Waals surface area contributed by atoms with E-state index in [9.17, 15) is 4.79 Å². The van der Waals surface area contributed by atoms with Crippen LogP contribution in [0.5, 0.6) is 0 Å². The van der Waals surface area contributed by atoms with Crippen LogP contribution in [0, 0.1) is 0 Å². The predicted octanol–water partition coefficient (Wildman–Crippen LogP) is 7.62. The molecule has 0 bridgehead atoms. The monoisotopic (exact) mass is 414 g/mol. The van der Waals surface area contributed by atoms with Gasteiger partial charge in [-0.1, -0.05) is 70.2 Å². The van der Waals surface area contributed by atoms with E-state index in [4.69, 9.17) is 5.11 Å². The molecule has 4 rings (SSSR count). The normalized spacial score (nSPS) is 20.0. The van der Waals surface area contributed by atoms with Crippen molar-refractivity contribution in [2.75, 3.05) is 0 Å². The zero-order valence-electron chi connectivity index (χ0n) is 19.5. The largest absolute Gasteiger partial charge is 0.478 e. The molecule has 0 atom stereocenters. The summed E-state index contributed by atoms with van der Waals surface area (Å²) >= 11 is 0. The fraction of sp³-hybridized carbons (Fsp3) is 0.414. The molecule has 1 N–H and O–H groups in total. The fourth-order valence-corrected chi connectivity index (χ4v) is 5.36. The number of aliphatic carboxylic acids is 1. The summed E-state index contributed by atoms with van der Waals surface area (Å²) in [5, 5.41) is 9.00. The van der Waals surface area contributed by atoms with Crippen LogP contribution in [0.1, 0.15) is 94.5 Å². The van der Waals surface area contributed by atoms with Crippen molar-refractivity contribution < 1.29 is 9.90 Å². The van der Waals surface area contributed by atoms with E-state index in [-0.39, 0.29) is 10.8 Å². The van der Waals surface area contributed by atoms with Crippen molar-refractivity contribution in [3.63, 3.8) is 0 Å². The number of rotatable bonds is 4. The summed E-state index contributed by atoms with van der Waals surface area (Å²) in [4.78, 5) is 11.0. The molecule has 0 spiro atoms. The lowest BCUT2D eigenvalue weighted by Crippen LogP contribution is -2.33. The van der Waals surface area contributed by atoms with Crippen molar-refractivity contribution in [3.05, 3.63) is 76.4 Å². The smallest absolute Gasteiger partial charge is 0.328 e. The average molecular weight is 415 g/mol. The molecule has 0 heterocycles. The van der Waals surface area contributed by atoms with Crippen molar-refractivity contribution in [1.29, 1.82) is 0 Å². The van der Waals surface area contributed by atoms with Gasteiger partial charge in [-0.3, -0.25) is 0 Å². The summed E-state index contributed by atoms with van der Waals surface area (Å²) in [6.07, 6.45) is 7.15. The topological polar surface area (TPSA) is 37.3 Å². The summed E-state index contributed by atoms with van der Waals surface area (Å²) < 4.78 is 0. The summed E-state index contributed by atoms with van der Waals surface area (Å²) in [5.74, 6) is -0.902. The van der Waals surface area contributed by atoms with E-state index in [0.29, 0.717) is 0 Å². The Morgan fingerprint density at radius 2 is 1.39 bits per heavy atom. The molecule has 2 aliphatic carbocycles. The molecule has 0 saturated heterocycles. The van der Waals surface area contributed by atoms with Gasteiger partial charge in [-0.05, 0) is 94.4 Å². The predicted molar refractivity (Wildman–Crippen MR) is 130 cm³/mol. The highest BCUT2D eigenvalue weighted by atomic mass is 16.4. The number of hydrogen-bond donors (Lipinski definition) is 1. The van der Waals surface area contributed by atoms with Crippen molar-refractivity contribution in [2.45, 2.75) is 77.6 Å². The van der Waals surface area contributed by atoms with E-state index in [2.05, 4.69) is 58.0 Å². The first kappa shape index (κ1) is 21.6. The molecular weight excluding hydrogens is 380 g/mol. The van der Waals surface area contributed by atoms with Crippen LogP contribution in [0.25, 0.3) is 16.7 Å². The number of fused-ring (bicyclic) bond motifs is 1. The Balaban J connectivity index is 1.74. The lowest BCUT2D eigenvalue weighted by atomic mass is 9.63. The van der Waals surface area contributed by atoms with Gasteiger partial charge in [0.05, 0.1) is 0 Å². The molecule has 2 heteroatoms. The average Bonchev–Trinajstić information content (AvgIpc) is 3.21. The molecule has 2 aromatic carbocycles. The third-order valence-corrected chi connectivity index (χ3v) is 7.45. The number of carbonyl (C=O) groups is 1. The Kier molecular flexibility index (Phi) is 5.45. The van der Waals surface area contributed by atoms with E-state index in [1.54, 1.807) is 0 Å². The molecule has 0 amide bonds. The van der Waals surface area contributed by atoms with E-state index in [1.807, 2.05) is 19.1 Å². The summed E-state index contributed by atoms with van der Waals surface area (Å²) in [6.45, 7) is 11.4. The second kappa shape index (κ2) is 7.82. The van der Waals surface area contributed by atoms with Crippen LogP contribution >= 0.6 is 0 Å². The fourth-order valence-electron chi connectivity index (χ4n) is 5.36. The van der Waals surface area contributed by atoms with Crippen LogP contribution in [0.15, 0.2) is 48.5 Å². The molecule has 162 valence electrons. The van der Waals surface area contributed by atoms with Crippen LogP contribution < -0.4 is 0 Å². The molecule has 0 radical (unpaired) electrons. The standard InChI is InChI=1S/C29H34O2/c1-19(17-27(30)31)20-9-11-21(12-10-20)23-7-6-8-24(23)22-13-14-25-26(18-22)29(4,5)16-15-28(25,2)3/h9-14,17-18H,6-8,15-16H2,1-5H3,(H,30,31)/b19-17-. The zero-order valence-corrected chi connectivity index (χ0v) is 19.5. The first-order valence-electron chi connectivity index (χ1n) is 11.5. The number of carboxylic acid groups (broad SMARTS) is 1. The molecule has 0 unspecified atom stereocenters. The molecule has 0 aromatic heterocycles. The lowest BCUT2D eigenvalue weighted by molar-refractivity contribution is -0.131. The molecule has 31 heavy (non-hydrogen) atoms. The van der Waals surface area contributed by atoms with Crippen molar-refractivity contribution in [3.8, 4) is 0 Å². The van der Waals surface area contributed by atoms with Gasteiger partial charge in [0.25, 0.3) is 0 Å². The molecule has 0 aliphatic heterocycles. The van der Waals surface area contributed by atoms with Gasteiger partial charge in [0.15, 0.2) is 0 Å². The van der Waals surface area contributed by atoms with Crippen LogP contribution in [-0.2, 0) is 15.6 Å². The minimum atomic E-state index is -0.902. The molecule has 0 saturated carbocycles. The Morgan fingerprint density at radius 3 is 2.00 bits per heavy atom. The van der Waals surface area contributed by atoms with E-state index < -0.39 is 5.97 Å². The SMILES string of the molecule is C/C(=C/C(=O)O)c1ccc(C2=C(c3ccc4c(c3)C(C)(C)CCC4(C)C)CCC2)cc1. The second-order valence-electron chi connectivity index (χ2n) is 10.6. The van der Waals surface area contributed by atoms with Gasteiger partial charge in [-0.15, -0.1) is 0 Å². The van der Waals surface area contributed by atoms with Gasteiger partial charge >= 0.3 is 5.97 Å². The molecule has 2 nitrogen and oxygen atoms in total. The van der Waals surface area contributed by atoms with Gasteiger partial charge in [0, 0.05) is 6.08 Å². The highest BCUT2D eigenvalue weighted by molar-refractivity contribution is 5.94. The highest BCUT2D eigenvalue weighted by Crippen LogP contribution is 2.48. The van der Waals surface area contributed by atoms with Crippen molar-refractivity contribution in [2.24, 2.45) is 0 Å². The van der Waals surface area contributed by atoms with E-state index >= 15 is 0 Å². The number of hydrogen-bond acceptors (Lipinski definition) is 1. The highest BCUT2D eigenvalue weighted by Gasteiger charge is 2.37. The van der Waals surface area contributed by atoms with Crippen LogP contribution in [0.4, 0.5) is 0 Å². The Hall–Kier alpha value is -2.61. The quantitative estimate of drug-likeness (QED) is 0.522. The number of carboxylic acids is 1. The third-order valence-electron chi connectivity index (χ3n) is 7.45. The molecule has 0 fully saturated rings. The van der Waals surface area contributed by atoms with Gasteiger partial charge in [0.1, 0.15) is 0 Å². The van der Waals surface area contributed by atoms with E-state index in [1.165, 1.54) is 58.7 Å². The first-order chi connectivity index (χ1) is 14.6. The second-order valence-corrected chi connectivity index (χ2v) is 10.6. The number of allylic oxidation sites excluding steroid dienone is 3. The van der Waals surface area contributed by atoms with Crippen molar-refractivity contribution in [1.82, 2.24) is 0 Å². The maximum atomic E-state index is 11.0. The molecular formula is C29H34O2. The Bertz CT molecular complexity index is 1080. The van der Waals surface area contributed by atoms with E-state index in [0.717, 1.165) is 24.0 Å². The number of benzene rings is 2. The van der Waals surface area contributed by atoms with Crippen molar-refractivity contribution >= 4 is 22.7 Å². The molecule has 2 aromatic rings. The Labute approximate surface area is 186 Å². The lowest BCUT2D eigenvalue weighted by Gasteiger charge is -2.42. The van der Waals surface area contributed by atoms with Gasteiger partial charge < -0.3 is 5.11 Å². The van der Waals surface area contributed by atoms with Gasteiger partial charge in [-0.25, -0.2) is 4.79 Å².